The predicted octanol–water partition coefficient (Wildman–Crippen LogP) is 14.6. The molecule has 268 valence electrons. The van der Waals surface area contributed by atoms with Crippen LogP contribution in [0.2, 0.25) is 0 Å². The van der Waals surface area contributed by atoms with E-state index in [2.05, 4.69) is 202 Å². The van der Waals surface area contributed by atoms with Gasteiger partial charge in [-0.05, 0) is 95.0 Å². The van der Waals surface area contributed by atoms with Gasteiger partial charge in [-0.25, -0.2) is 9.97 Å². The predicted molar refractivity (Wildman–Crippen MR) is 239 cm³/mol. The van der Waals surface area contributed by atoms with Crippen LogP contribution in [-0.4, -0.2) is 9.97 Å². The van der Waals surface area contributed by atoms with Crippen LogP contribution in [0, 0.1) is 0 Å². The first-order valence-electron chi connectivity index (χ1n) is 19.7. The van der Waals surface area contributed by atoms with Crippen molar-refractivity contribution in [1.82, 2.24) is 9.97 Å². The third-order valence-electron chi connectivity index (χ3n) is 12.1. The van der Waals surface area contributed by atoms with Crippen LogP contribution in [0.15, 0.2) is 194 Å². The Morgan fingerprint density at radius 2 is 0.895 bits per heavy atom. The number of nitrogens with zero attached hydrogens (tertiary/aromatic N) is 2. The van der Waals surface area contributed by atoms with Crippen LogP contribution in [-0.2, 0) is 5.41 Å². The van der Waals surface area contributed by atoms with Crippen LogP contribution in [0.25, 0.3) is 99.6 Å². The number of rotatable bonds is 5. The first-order valence-corrected chi connectivity index (χ1v) is 19.7. The molecule has 0 atom stereocenters. The zero-order valence-corrected chi connectivity index (χ0v) is 31.9. The van der Waals surface area contributed by atoms with E-state index < -0.39 is 0 Å². The summed E-state index contributed by atoms with van der Waals surface area (Å²) in [5.41, 5.74) is 14.9. The fourth-order valence-electron chi connectivity index (χ4n) is 9.29. The molecule has 0 spiro atoms. The Labute approximate surface area is 332 Å². The number of hydrogen-bond acceptors (Lipinski definition) is 2. The second-order valence-electron chi connectivity index (χ2n) is 15.7. The standard InChI is InChI=1S/C55H38N2/c1-55(2)48-27-15-26-46(53(48)47-32-38-21-9-10-22-39(38)33-49(47)55)51-34-50(56-54(57-51)37-19-7-4-8-20-37)44-31-30-43(41-24-13-14-25-42(41)44)45-29-28-35-16-11-12-23-40(35)52(45)36-17-5-3-6-18-36/h3-34H,1-2H3. The van der Waals surface area contributed by atoms with E-state index in [9.17, 15) is 0 Å². The molecule has 2 nitrogen and oxygen atoms in total. The van der Waals surface area contributed by atoms with E-state index in [-0.39, 0.29) is 5.41 Å². The second kappa shape index (κ2) is 13.0. The Bertz CT molecular complexity index is 3200. The molecule has 2 heteroatoms. The summed E-state index contributed by atoms with van der Waals surface area (Å²) in [6.07, 6.45) is 0. The Hall–Kier alpha value is -7.16. The summed E-state index contributed by atoms with van der Waals surface area (Å²) < 4.78 is 0. The van der Waals surface area contributed by atoms with Gasteiger partial charge in [-0.3, -0.25) is 0 Å². The van der Waals surface area contributed by atoms with Gasteiger partial charge in [0.1, 0.15) is 0 Å². The third kappa shape index (κ3) is 5.33. The van der Waals surface area contributed by atoms with Crippen LogP contribution < -0.4 is 0 Å². The summed E-state index contributed by atoms with van der Waals surface area (Å²) in [4.78, 5) is 10.7. The minimum atomic E-state index is -0.157. The molecule has 0 saturated carbocycles. The highest BCUT2D eigenvalue weighted by molar-refractivity contribution is 6.11. The molecular formula is C55H38N2. The Morgan fingerprint density at radius 1 is 0.333 bits per heavy atom. The minimum Gasteiger partial charge on any atom is -0.228 e. The van der Waals surface area contributed by atoms with Crippen molar-refractivity contribution in [3.63, 3.8) is 0 Å². The molecule has 11 rings (SSSR count). The summed E-state index contributed by atoms with van der Waals surface area (Å²) in [6.45, 7) is 4.70. The largest absolute Gasteiger partial charge is 0.228 e. The summed E-state index contributed by atoms with van der Waals surface area (Å²) in [7, 11) is 0. The van der Waals surface area contributed by atoms with Crippen molar-refractivity contribution >= 4 is 32.3 Å². The van der Waals surface area contributed by atoms with E-state index in [1.54, 1.807) is 0 Å². The van der Waals surface area contributed by atoms with Gasteiger partial charge in [-0.2, -0.15) is 0 Å². The van der Waals surface area contributed by atoms with Crippen molar-refractivity contribution in [2.24, 2.45) is 0 Å². The Kier molecular flexibility index (Phi) is 7.55. The van der Waals surface area contributed by atoms with Crippen LogP contribution in [0.1, 0.15) is 25.0 Å². The van der Waals surface area contributed by atoms with Gasteiger partial charge in [0.2, 0.25) is 0 Å². The monoisotopic (exact) mass is 726 g/mol. The number of hydrogen-bond donors (Lipinski definition) is 0. The molecule has 1 aliphatic carbocycles. The lowest BCUT2D eigenvalue weighted by Gasteiger charge is -2.22. The van der Waals surface area contributed by atoms with Crippen molar-refractivity contribution < 1.29 is 0 Å². The normalized spacial score (nSPS) is 12.9. The molecule has 0 amide bonds. The molecule has 10 aromatic rings. The topological polar surface area (TPSA) is 25.8 Å². The molecule has 57 heavy (non-hydrogen) atoms. The Morgan fingerprint density at radius 3 is 1.63 bits per heavy atom. The second-order valence-corrected chi connectivity index (χ2v) is 15.7. The van der Waals surface area contributed by atoms with E-state index in [0.29, 0.717) is 5.82 Å². The van der Waals surface area contributed by atoms with E-state index in [1.807, 2.05) is 6.07 Å². The van der Waals surface area contributed by atoms with E-state index in [1.165, 1.54) is 71.4 Å². The zero-order valence-electron chi connectivity index (χ0n) is 31.9. The molecule has 0 saturated heterocycles. The molecular weight excluding hydrogens is 689 g/mol. The van der Waals surface area contributed by atoms with Crippen LogP contribution in [0.5, 0.6) is 0 Å². The SMILES string of the molecule is CC1(C)c2cc3ccccc3cc2-c2c(-c3cc(-c4ccc(-c5ccc6ccccc6c5-c5ccccc5)c5ccccc45)nc(-c4ccccc4)n3)cccc21. The molecule has 0 N–H and O–H groups in total. The highest BCUT2D eigenvalue weighted by Crippen LogP contribution is 2.53. The quantitative estimate of drug-likeness (QED) is 0.176. The highest BCUT2D eigenvalue weighted by atomic mass is 14.9. The minimum absolute atomic E-state index is 0.157. The average Bonchev–Trinajstić information content (AvgIpc) is 3.50. The molecule has 0 radical (unpaired) electrons. The lowest BCUT2D eigenvalue weighted by molar-refractivity contribution is 0.661. The first kappa shape index (κ1) is 33.2. The smallest absolute Gasteiger partial charge is 0.160 e. The summed E-state index contributed by atoms with van der Waals surface area (Å²) >= 11 is 0. The maximum Gasteiger partial charge on any atom is 0.160 e. The lowest BCUT2D eigenvalue weighted by atomic mass is 9.81. The van der Waals surface area contributed by atoms with Gasteiger partial charge in [0.05, 0.1) is 11.4 Å². The molecule has 1 heterocycles. The van der Waals surface area contributed by atoms with Crippen molar-refractivity contribution in [1.29, 1.82) is 0 Å². The summed E-state index contributed by atoms with van der Waals surface area (Å²) in [5, 5.41) is 7.33. The van der Waals surface area contributed by atoms with Crippen LogP contribution in [0.3, 0.4) is 0 Å². The van der Waals surface area contributed by atoms with Gasteiger partial charge in [0.25, 0.3) is 0 Å². The number of fused-ring (bicyclic) bond motifs is 6. The molecule has 0 aliphatic heterocycles. The fourth-order valence-corrected chi connectivity index (χ4v) is 9.29. The Balaban J connectivity index is 1.15. The van der Waals surface area contributed by atoms with Gasteiger partial charge in [-0.1, -0.05) is 190 Å². The van der Waals surface area contributed by atoms with E-state index in [0.717, 1.165) is 33.5 Å². The molecule has 1 aromatic heterocycles. The lowest BCUT2D eigenvalue weighted by Crippen LogP contribution is -2.14. The number of benzene rings is 9. The van der Waals surface area contributed by atoms with Crippen LogP contribution in [0.4, 0.5) is 0 Å². The fraction of sp³-hybridized carbons (Fsp3) is 0.0545. The molecule has 0 bridgehead atoms. The van der Waals surface area contributed by atoms with Gasteiger partial charge < -0.3 is 0 Å². The van der Waals surface area contributed by atoms with Crippen molar-refractivity contribution in [3.05, 3.63) is 205 Å². The molecule has 9 aromatic carbocycles. The van der Waals surface area contributed by atoms with Crippen molar-refractivity contribution in [2.45, 2.75) is 19.3 Å². The van der Waals surface area contributed by atoms with Gasteiger partial charge in [0, 0.05) is 22.1 Å². The van der Waals surface area contributed by atoms with Crippen LogP contribution >= 0.6 is 0 Å². The molecule has 0 unspecified atom stereocenters. The maximum atomic E-state index is 5.37. The highest BCUT2D eigenvalue weighted by Gasteiger charge is 2.37. The van der Waals surface area contributed by atoms with Gasteiger partial charge in [-0.15, -0.1) is 0 Å². The summed E-state index contributed by atoms with van der Waals surface area (Å²) in [5.74, 6) is 0.714. The van der Waals surface area contributed by atoms with Crippen molar-refractivity contribution in [3.8, 4) is 67.3 Å². The number of aromatic nitrogens is 2. The van der Waals surface area contributed by atoms with E-state index in [4.69, 9.17) is 9.97 Å². The average molecular weight is 727 g/mol. The zero-order chi connectivity index (χ0) is 38.1. The first-order chi connectivity index (χ1) is 28.0. The maximum absolute atomic E-state index is 5.37. The van der Waals surface area contributed by atoms with Gasteiger partial charge >= 0.3 is 0 Å². The van der Waals surface area contributed by atoms with E-state index >= 15 is 0 Å². The molecule has 1 aliphatic rings. The third-order valence-corrected chi connectivity index (χ3v) is 12.1. The summed E-state index contributed by atoms with van der Waals surface area (Å²) in [6, 6.07) is 70.2. The molecule has 0 fully saturated rings. The van der Waals surface area contributed by atoms with Gasteiger partial charge in [0.15, 0.2) is 5.82 Å². The van der Waals surface area contributed by atoms with Crippen molar-refractivity contribution in [2.75, 3.05) is 0 Å².